The Morgan fingerprint density at radius 2 is 1.03 bits per heavy atom. The highest BCUT2D eigenvalue weighted by molar-refractivity contribution is 6.04. The third-order valence-corrected chi connectivity index (χ3v) is 6.84. The zero-order chi connectivity index (χ0) is 27.7. The average molecular weight is 524 g/mol. The molecule has 0 bridgehead atoms. The van der Waals surface area contributed by atoms with Crippen LogP contribution < -0.4 is 11.1 Å². The molecule has 0 radical (unpaired) electrons. The zero-order valence-corrected chi connectivity index (χ0v) is 24.3. The molecular formula is C30H57N3O4. The van der Waals surface area contributed by atoms with E-state index in [2.05, 4.69) is 26.1 Å². The van der Waals surface area contributed by atoms with Crippen molar-refractivity contribution >= 4 is 23.6 Å². The van der Waals surface area contributed by atoms with E-state index in [4.69, 9.17) is 5.73 Å². The summed E-state index contributed by atoms with van der Waals surface area (Å²) >= 11 is 0. The molecule has 0 saturated carbocycles. The molecule has 0 aliphatic rings. The number of nitrogens with two attached hydrogens (primary N) is 1. The first kappa shape index (κ1) is 35.2. The number of carbonyl (C=O) groups is 4. The highest BCUT2D eigenvalue weighted by atomic mass is 16.2. The van der Waals surface area contributed by atoms with Crippen molar-refractivity contribution in [1.82, 2.24) is 10.2 Å². The summed E-state index contributed by atoms with van der Waals surface area (Å²) in [6.07, 6.45) is 17.8. The molecule has 0 aliphatic carbocycles. The van der Waals surface area contributed by atoms with Crippen LogP contribution in [0.4, 0.5) is 0 Å². The number of amides is 4. The molecule has 0 saturated heterocycles. The molecule has 0 heterocycles. The summed E-state index contributed by atoms with van der Waals surface area (Å²) < 4.78 is 0. The van der Waals surface area contributed by atoms with Crippen molar-refractivity contribution in [2.75, 3.05) is 6.54 Å². The highest BCUT2D eigenvalue weighted by Gasteiger charge is 2.34. The Hall–Kier alpha value is -1.76. The Kier molecular flexibility index (Phi) is 23.4. The first-order chi connectivity index (χ1) is 17.9. The Morgan fingerprint density at radius 1 is 0.595 bits per heavy atom. The number of hydrogen-bond acceptors (Lipinski definition) is 5. The predicted molar refractivity (Wildman–Crippen MR) is 152 cm³/mol. The van der Waals surface area contributed by atoms with E-state index >= 15 is 0 Å². The number of hydrogen-bond donors (Lipinski definition) is 2. The van der Waals surface area contributed by atoms with Gasteiger partial charge in [0.1, 0.15) is 6.04 Å². The van der Waals surface area contributed by atoms with Crippen molar-refractivity contribution in [3.63, 3.8) is 0 Å². The van der Waals surface area contributed by atoms with Gasteiger partial charge in [0.05, 0.1) is 0 Å². The summed E-state index contributed by atoms with van der Waals surface area (Å²) in [5.74, 6) is -1.48. The van der Waals surface area contributed by atoms with Gasteiger partial charge in [-0.15, -0.1) is 0 Å². The van der Waals surface area contributed by atoms with Gasteiger partial charge >= 0.3 is 0 Å². The molecule has 7 heteroatoms. The van der Waals surface area contributed by atoms with Crippen LogP contribution >= 0.6 is 0 Å². The molecule has 0 aromatic rings. The maximum Gasteiger partial charge on any atom is 0.249 e. The lowest BCUT2D eigenvalue weighted by Gasteiger charge is -2.29. The molecule has 1 atom stereocenters. The van der Waals surface area contributed by atoms with Crippen LogP contribution in [0, 0.1) is 0 Å². The van der Waals surface area contributed by atoms with E-state index in [1.807, 2.05) is 0 Å². The van der Waals surface area contributed by atoms with Gasteiger partial charge in [0, 0.05) is 19.3 Å². The second-order valence-electron chi connectivity index (χ2n) is 10.4. The van der Waals surface area contributed by atoms with Gasteiger partial charge in [0.2, 0.25) is 23.6 Å². The van der Waals surface area contributed by atoms with Gasteiger partial charge in [0.25, 0.3) is 0 Å². The lowest BCUT2D eigenvalue weighted by molar-refractivity contribution is -0.153. The monoisotopic (exact) mass is 523 g/mol. The minimum absolute atomic E-state index is 0.237. The van der Waals surface area contributed by atoms with Crippen molar-refractivity contribution in [2.24, 2.45) is 5.73 Å². The maximum absolute atomic E-state index is 13.2. The molecule has 4 amide bonds. The summed E-state index contributed by atoms with van der Waals surface area (Å²) in [5, 5.41) is 2.50. The Bertz CT molecular complexity index is 602. The predicted octanol–water partition coefficient (Wildman–Crippen LogP) is 6.56. The van der Waals surface area contributed by atoms with E-state index in [-0.39, 0.29) is 37.0 Å². The van der Waals surface area contributed by atoms with Crippen LogP contribution in [0.25, 0.3) is 0 Å². The molecular weight excluding hydrogens is 466 g/mol. The van der Waals surface area contributed by atoms with Gasteiger partial charge in [-0.25, -0.2) is 0 Å². The van der Waals surface area contributed by atoms with E-state index in [1.165, 1.54) is 43.4 Å². The summed E-state index contributed by atoms with van der Waals surface area (Å²) in [4.78, 5) is 53.2. The van der Waals surface area contributed by atoms with Crippen LogP contribution in [-0.2, 0) is 19.2 Å². The van der Waals surface area contributed by atoms with Gasteiger partial charge in [-0.1, -0.05) is 97.8 Å². The average Bonchev–Trinajstić information content (AvgIpc) is 2.87. The number of carbonyl (C=O) groups excluding carboxylic acids is 4. The number of nitrogens with one attached hydrogen (secondary N) is 1. The normalized spacial score (nSPS) is 11.8. The van der Waals surface area contributed by atoms with Gasteiger partial charge in [0.15, 0.2) is 0 Å². The Labute approximate surface area is 227 Å². The SMILES string of the molecule is CCCCCCCCCCCC(=O)NC(=O)[C@H](CCCCN)N(C(=O)CCCCC)C(=O)CCCCC. The Balaban J connectivity index is 5.05. The summed E-state index contributed by atoms with van der Waals surface area (Å²) in [7, 11) is 0. The molecule has 0 rings (SSSR count). The number of imide groups is 2. The summed E-state index contributed by atoms with van der Waals surface area (Å²) in [6.45, 7) is 6.80. The molecule has 0 unspecified atom stereocenters. The quantitative estimate of drug-likeness (QED) is 0.139. The number of unbranched alkanes of at least 4 members (excludes halogenated alkanes) is 13. The van der Waals surface area contributed by atoms with Gasteiger partial charge in [-0.05, 0) is 45.1 Å². The van der Waals surface area contributed by atoms with Crippen LogP contribution in [-0.4, -0.2) is 41.1 Å². The van der Waals surface area contributed by atoms with Crippen molar-refractivity contribution in [1.29, 1.82) is 0 Å². The topological polar surface area (TPSA) is 110 Å². The largest absolute Gasteiger partial charge is 0.330 e. The molecule has 0 aromatic carbocycles. The van der Waals surface area contributed by atoms with E-state index in [0.29, 0.717) is 38.6 Å². The number of rotatable bonds is 24. The van der Waals surface area contributed by atoms with Crippen LogP contribution in [0.5, 0.6) is 0 Å². The van der Waals surface area contributed by atoms with Crippen molar-refractivity contribution < 1.29 is 19.2 Å². The standard InChI is InChI=1S/C30H57N3O4/c1-4-7-10-11-12-13-14-15-18-22-27(34)32-30(37)26(21-19-20-25-31)33(28(35)23-16-8-5-2)29(36)24-17-9-6-3/h26H,4-25,31H2,1-3H3,(H,32,34,37)/t26-/m0/s1. The molecule has 7 nitrogen and oxygen atoms in total. The van der Waals surface area contributed by atoms with Crippen LogP contribution in [0.15, 0.2) is 0 Å². The fraction of sp³-hybridized carbons (Fsp3) is 0.867. The fourth-order valence-electron chi connectivity index (χ4n) is 4.52. The highest BCUT2D eigenvalue weighted by Crippen LogP contribution is 2.17. The third-order valence-electron chi connectivity index (χ3n) is 6.84. The zero-order valence-electron chi connectivity index (χ0n) is 24.3. The van der Waals surface area contributed by atoms with Crippen molar-refractivity contribution in [3.8, 4) is 0 Å². The van der Waals surface area contributed by atoms with Crippen LogP contribution in [0.1, 0.15) is 156 Å². The minimum Gasteiger partial charge on any atom is -0.330 e. The Morgan fingerprint density at radius 3 is 1.51 bits per heavy atom. The lowest BCUT2D eigenvalue weighted by atomic mass is 10.0. The molecule has 216 valence electrons. The van der Waals surface area contributed by atoms with E-state index in [1.54, 1.807) is 0 Å². The van der Waals surface area contributed by atoms with Crippen molar-refractivity contribution in [3.05, 3.63) is 0 Å². The molecule has 37 heavy (non-hydrogen) atoms. The van der Waals surface area contributed by atoms with Gasteiger partial charge in [-0.3, -0.25) is 29.4 Å². The van der Waals surface area contributed by atoms with Gasteiger partial charge < -0.3 is 5.73 Å². The smallest absolute Gasteiger partial charge is 0.249 e. The second-order valence-corrected chi connectivity index (χ2v) is 10.4. The maximum atomic E-state index is 13.2. The molecule has 0 aromatic heterocycles. The minimum atomic E-state index is -0.957. The van der Waals surface area contributed by atoms with E-state index in [0.717, 1.165) is 44.9 Å². The second kappa shape index (κ2) is 24.6. The molecule has 3 N–H and O–H groups in total. The third kappa shape index (κ3) is 18.2. The number of nitrogens with zero attached hydrogens (tertiary/aromatic N) is 1. The first-order valence-corrected chi connectivity index (χ1v) is 15.3. The summed E-state index contributed by atoms with van der Waals surface area (Å²) in [5.41, 5.74) is 5.65. The first-order valence-electron chi connectivity index (χ1n) is 15.3. The van der Waals surface area contributed by atoms with E-state index in [9.17, 15) is 19.2 Å². The van der Waals surface area contributed by atoms with Crippen LogP contribution in [0.2, 0.25) is 0 Å². The molecule has 0 fully saturated rings. The van der Waals surface area contributed by atoms with E-state index < -0.39 is 11.9 Å². The van der Waals surface area contributed by atoms with Crippen molar-refractivity contribution in [2.45, 2.75) is 162 Å². The van der Waals surface area contributed by atoms with Gasteiger partial charge in [-0.2, -0.15) is 0 Å². The fourth-order valence-corrected chi connectivity index (χ4v) is 4.52. The lowest BCUT2D eigenvalue weighted by Crippen LogP contribution is -2.53. The molecule has 0 spiro atoms. The molecule has 0 aliphatic heterocycles. The summed E-state index contributed by atoms with van der Waals surface area (Å²) in [6, 6.07) is -0.957. The van der Waals surface area contributed by atoms with Crippen LogP contribution in [0.3, 0.4) is 0 Å².